The summed E-state index contributed by atoms with van der Waals surface area (Å²) in [5.74, 6) is -0.736. The van der Waals surface area contributed by atoms with E-state index in [2.05, 4.69) is 10.6 Å². The average molecular weight is 477 g/mol. The van der Waals surface area contributed by atoms with Crippen molar-refractivity contribution in [2.24, 2.45) is 0 Å². The molecule has 1 fully saturated rings. The van der Waals surface area contributed by atoms with E-state index in [4.69, 9.17) is 14.2 Å². The van der Waals surface area contributed by atoms with Crippen molar-refractivity contribution in [2.45, 2.75) is 12.5 Å². The molecule has 1 aliphatic heterocycles. The van der Waals surface area contributed by atoms with Crippen molar-refractivity contribution < 1.29 is 37.0 Å². The number of hydrogen-bond acceptors (Lipinski definition) is 8. The maximum Gasteiger partial charge on any atom is 0.338 e. The highest BCUT2D eigenvalue weighted by Gasteiger charge is 2.29. The fourth-order valence-corrected chi connectivity index (χ4v) is 4.80. The van der Waals surface area contributed by atoms with Crippen LogP contribution in [0, 0.1) is 0 Å². The summed E-state index contributed by atoms with van der Waals surface area (Å²) < 4.78 is 38.3. The molecule has 1 atom stereocenters. The number of carbonyl (C=O) groups excluding carboxylic acids is 3. The number of hydrogen-bond donors (Lipinski definition) is 2. The number of sulfone groups is 1. The van der Waals surface area contributed by atoms with Gasteiger partial charge < -0.3 is 24.8 Å². The van der Waals surface area contributed by atoms with E-state index < -0.39 is 34.4 Å². The van der Waals surface area contributed by atoms with Gasteiger partial charge >= 0.3 is 5.97 Å². The van der Waals surface area contributed by atoms with Crippen LogP contribution in [0.5, 0.6) is 11.5 Å². The van der Waals surface area contributed by atoms with Gasteiger partial charge in [0.05, 0.1) is 24.2 Å². The first kappa shape index (κ1) is 24.1. The highest BCUT2D eigenvalue weighted by molar-refractivity contribution is 7.91. The molecule has 0 radical (unpaired) electrons. The topological polar surface area (TPSA) is 137 Å². The van der Waals surface area contributed by atoms with Crippen molar-refractivity contribution in [1.29, 1.82) is 0 Å². The van der Waals surface area contributed by atoms with Gasteiger partial charge in [0, 0.05) is 17.8 Å². The van der Waals surface area contributed by atoms with E-state index >= 15 is 0 Å². The molecule has 2 N–H and O–H groups in total. The molecule has 33 heavy (non-hydrogen) atoms. The maximum atomic E-state index is 12.1. The van der Waals surface area contributed by atoms with Crippen LogP contribution in [0.3, 0.4) is 0 Å². The Morgan fingerprint density at radius 3 is 2.42 bits per heavy atom. The molecule has 0 aliphatic carbocycles. The second-order valence-electron chi connectivity index (χ2n) is 7.34. The third kappa shape index (κ3) is 7.49. The number of esters is 1. The van der Waals surface area contributed by atoms with Crippen molar-refractivity contribution >= 4 is 33.3 Å². The lowest BCUT2D eigenvalue weighted by Gasteiger charge is -2.11. The van der Waals surface area contributed by atoms with Gasteiger partial charge in [0.25, 0.3) is 11.8 Å². The number of carbonyl (C=O) groups is 3. The second kappa shape index (κ2) is 10.8. The normalized spacial score (nSPS) is 16.5. The SMILES string of the molecule is COc1cccc(NC(=O)COc2ccc(C(=O)OCC(=O)NC3CCS(=O)(=O)C3)cc2)c1. The van der Waals surface area contributed by atoms with E-state index in [-0.39, 0.29) is 29.6 Å². The predicted octanol–water partition coefficient (Wildman–Crippen LogP) is 1.17. The zero-order chi connectivity index (χ0) is 23.8. The smallest absolute Gasteiger partial charge is 0.338 e. The molecular weight excluding hydrogens is 452 g/mol. The summed E-state index contributed by atoms with van der Waals surface area (Å²) in [6, 6.07) is 12.3. The Bertz CT molecular complexity index is 1120. The zero-order valence-electron chi connectivity index (χ0n) is 17.9. The molecular formula is C22H24N2O8S. The molecule has 2 aromatic rings. The van der Waals surface area contributed by atoms with Crippen LogP contribution in [0.15, 0.2) is 48.5 Å². The minimum absolute atomic E-state index is 0.0365. The van der Waals surface area contributed by atoms with Gasteiger partial charge in [-0.3, -0.25) is 9.59 Å². The largest absolute Gasteiger partial charge is 0.497 e. The van der Waals surface area contributed by atoms with Gasteiger partial charge in [0.2, 0.25) is 0 Å². The lowest BCUT2D eigenvalue weighted by atomic mass is 10.2. The number of ether oxygens (including phenoxy) is 3. The van der Waals surface area contributed by atoms with E-state index in [0.29, 0.717) is 23.6 Å². The zero-order valence-corrected chi connectivity index (χ0v) is 18.7. The molecule has 176 valence electrons. The van der Waals surface area contributed by atoms with E-state index in [1.165, 1.54) is 31.4 Å². The van der Waals surface area contributed by atoms with Gasteiger partial charge in [0.1, 0.15) is 11.5 Å². The number of nitrogens with one attached hydrogen (secondary N) is 2. The lowest BCUT2D eigenvalue weighted by molar-refractivity contribution is -0.124. The molecule has 3 rings (SSSR count). The molecule has 2 amide bonds. The molecule has 1 aliphatic rings. The number of benzene rings is 2. The summed E-state index contributed by atoms with van der Waals surface area (Å²) >= 11 is 0. The fourth-order valence-electron chi connectivity index (χ4n) is 3.13. The van der Waals surface area contributed by atoms with E-state index in [1.807, 2.05) is 0 Å². The van der Waals surface area contributed by atoms with Gasteiger partial charge in [0.15, 0.2) is 23.1 Å². The van der Waals surface area contributed by atoms with Crippen molar-refractivity contribution in [2.75, 3.05) is 37.1 Å². The summed E-state index contributed by atoms with van der Waals surface area (Å²) in [4.78, 5) is 36.0. The summed E-state index contributed by atoms with van der Waals surface area (Å²) in [6.45, 7) is -0.754. The van der Waals surface area contributed by atoms with E-state index in [9.17, 15) is 22.8 Å². The van der Waals surface area contributed by atoms with Crippen LogP contribution in [0.25, 0.3) is 0 Å². The Morgan fingerprint density at radius 2 is 1.76 bits per heavy atom. The fraction of sp³-hybridized carbons (Fsp3) is 0.318. The highest BCUT2D eigenvalue weighted by Crippen LogP contribution is 2.17. The molecule has 1 unspecified atom stereocenters. The third-order valence-electron chi connectivity index (χ3n) is 4.75. The number of anilines is 1. The molecule has 11 heteroatoms. The van der Waals surface area contributed by atoms with Gasteiger partial charge in [-0.15, -0.1) is 0 Å². The second-order valence-corrected chi connectivity index (χ2v) is 9.57. The van der Waals surface area contributed by atoms with Crippen molar-refractivity contribution in [3.63, 3.8) is 0 Å². The molecule has 0 bridgehead atoms. The lowest BCUT2D eigenvalue weighted by Crippen LogP contribution is -2.38. The Kier molecular flexibility index (Phi) is 7.88. The maximum absolute atomic E-state index is 12.1. The Hall–Kier alpha value is -3.60. The number of methoxy groups -OCH3 is 1. The molecule has 1 heterocycles. The summed E-state index contributed by atoms with van der Waals surface area (Å²) in [7, 11) is -1.58. The van der Waals surface area contributed by atoms with Crippen LogP contribution in [0.1, 0.15) is 16.8 Å². The predicted molar refractivity (Wildman–Crippen MR) is 119 cm³/mol. The average Bonchev–Trinajstić information content (AvgIpc) is 3.14. The van der Waals surface area contributed by atoms with E-state index in [1.54, 1.807) is 24.3 Å². The van der Waals surface area contributed by atoms with Crippen LogP contribution >= 0.6 is 0 Å². The van der Waals surface area contributed by atoms with Crippen LogP contribution in [-0.2, 0) is 24.2 Å². The van der Waals surface area contributed by atoms with Crippen molar-refractivity contribution in [3.05, 3.63) is 54.1 Å². The quantitative estimate of drug-likeness (QED) is 0.515. The van der Waals surface area contributed by atoms with Gasteiger partial charge in [-0.05, 0) is 42.8 Å². The minimum atomic E-state index is -3.11. The molecule has 1 saturated heterocycles. The Labute approximate surface area is 191 Å². The van der Waals surface area contributed by atoms with Crippen LogP contribution in [0.4, 0.5) is 5.69 Å². The highest BCUT2D eigenvalue weighted by atomic mass is 32.2. The summed E-state index contributed by atoms with van der Waals surface area (Å²) in [5.41, 5.74) is 0.763. The first-order valence-corrected chi connectivity index (χ1v) is 11.9. The van der Waals surface area contributed by atoms with Crippen LogP contribution in [-0.4, -0.2) is 64.1 Å². The van der Waals surface area contributed by atoms with Gasteiger partial charge in [-0.2, -0.15) is 0 Å². The molecule has 0 saturated carbocycles. The number of rotatable bonds is 9. The molecule has 2 aromatic carbocycles. The Morgan fingerprint density at radius 1 is 1.00 bits per heavy atom. The van der Waals surface area contributed by atoms with Crippen molar-refractivity contribution in [3.8, 4) is 11.5 Å². The molecule has 0 aromatic heterocycles. The summed E-state index contributed by atoms with van der Waals surface area (Å²) in [6.07, 6.45) is 0.348. The van der Waals surface area contributed by atoms with Crippen LogP contribution in [0.2, 0.25) is 0 Å². The van der Waals surface area contributed by atoms with E-state index in [0.717, 1.165) is 0 Å². The minimum Gasteiger partial charge on any atom is -0.497 e. The Balaban J connectivity index is 1.41. The first-order chi connectivity index (χ1) is 15.7. The standard InChI is InChI=1S/C22H24N2O8S/c1-30-19-4-2-3-16(11-19)23-20(25)12-31-18-7-5-15(6-8-18)22(27)32-13-21(26)24-17-9-10-33(28,29)14-17/h2-8,11,17H,9-10,12-14H2,1H3,(H,23,25)(H,24,26). The third-order valence-corrected chi connectivity index (χ3v) is 6.51. The monoisotopic (exact) mass is 476 g/mol. The van der Waals surface area contributed by atoms with Gasteiger partial charge in [-0.1, -0.05) is 6.07 Å². The molecule has 0 spiro atoms. The summed E-state index contributed by atoms with van der Waals surface area (Å²) in [5, 5.41) is 5.23. The first-order valence-electron chi connectivity index (χ1n) is 10.1. The van der Waals surface area contributed by atoms with Crippen LogP contribution < -0.4 is 20.1 Å². The molecule has 10 nitrogen and oxygen atoms in total. The van der Waals surface area contributed by atoms with Gasteiger partial charge in [-0.25, -0.2) is 13.2 Å². The number of amides is 2. The van der Waals surface area contributed by atoms with Crippen molar-refractivity contribution in [1.82, 2.24) is 5.32 Å².